The van der Waals surface area contributed by atoms with Crippen molar-refractivity contribution in [2.45, 2.75) is 37.9 Å². The maximum Gasteiger partial charge on any atom is 0.197 e. The fraction of sp³-hybridized carbons (Fsp3) is 0.375. The molecule has 2 aliphatic heterocycles. The fourth-order valence-electron chi connectivity index (χ4n) is 4.89. The Morgan fingerprint density at radius 1 is 1.10 bits per heavy atom. The average molecular weight is 409 g/mol. The summed E-state index contributed by atoms with van der Waals surface area (Å²) in [4.78, 5) is 18.2. The summed E-state index contributed by atoms with van der Waals surface area (Å²) in [6.07, 6.45) is 5.15. The summed E-state index contributed by atoms with van der Waals surface area (Å²) in [6.45, 7) is 3.88. The van der Waals surface area contributed by atoms with Crippen molar-refractivity contribution in [3.8, 4) is 0 Å². The second kappa shape index (κ2) is 7.94. The summed E-state index contributed by atoms with van der Waals surface area (Å²) >= 11 is 6.11. The van der Waals surface area contributed by atoms with Gasteiger partial charge in [-0.15, -0.1) is 0 Å². The number of benzene rings is 2. The lowest BCUT2D eigenvalue weighted by Crippen LogP contribution is -2.56. The molecule has 2 aliphatic rings. The van der Waals surface area contributed by atoms with Gasteiger partial charge in [-0.05, 0) is 49.6 Å². The molecule has 2 fully saturated rings. The Hall–Kier alpha value is -2.14. The maximum atomic E-state index is 13.1. The molecule has 0 N–H and O–H groups in total. The lowest BCUT2D eigenvalue weighted by molar-refractivity contribution is 0.0451. The van der Waals surface area contributed by atoms with E-state index in [1.165, 1.54) is 24.9 Å². The van der Waals surface area contributed by atoms with E-state index < -0.39 is 0 Å². The number of nitrogens with zero attached hydrogens (tertiary/aromatic N) is 2. The predicted octanol–water partition coefficient (Wildman–Crippen LogP) is 4.34. The van der Waals surface area contributed by atoms with Crippen molar-refractivity contribution in [1.29, 1.82) is 0 Å². The molecular weight excluding hydrogens is 384 g/mol. The van der Waals surface area contributed by atoms with Crippen LogP contribution in [0.15, 0.2) is 64.0 Å². The zero-order chi connectivity index (χ0) is 19.8. The lowest BCUT2D eigenvalue weighted by Gasteiger charge is -2.43. The van der Waals surface area contributed by atoms with Gasteiger partial charge in [0.25, 0.3) is 0 Å². The van der Waals surface area contributed by atoms with Gasteiger partial charge < -0.3 is 4.42 Å². The summed E-state index contributed by atoms with van der Waals surface area (Å²) < 4.78 is 5.76. The van der Waals surface area contributed by atoms with Gasteiger partial charge in [-0.1, -0.05) is 41.9 Å². The smallest absolute Gasteiger partial charge is 0.197 e. The number of piperazine rings is 1. The van der Waals surface area contributed by atoms with Crippen molar-refractivity contribution in [3.63, 3.8) is 0 Å². The molecule has 3 heterocycles. The van der Waals surface area contributed by atoms with E-state index in [9.17, 15) is 4.79 Å². The first-order chi connectivity index (χ1) is 14.2. The largest absolute Gasteiger partial charge is 0.464 e. The van der Waals surface area contributed by atoms with E-state index in [-0.39, 0.29) is 5.43 Å². The average Bonchev–Trinajstić information content (AvgIpc) is 3.18. The van der Waals surface area contributed by atoms with E-state index in [2.05, 4.69) is 40.1 Å². The Bertz CT molecular complexity index is 1070. The summed E-state index contributed by atoms with van der Waals surface area (Å²) in [6, 6.07) is 16.9. The van der Waals surface area contributed by atoms with E-state index >= 15 is 0 Å². The number of hydrogen-bond acceptors (Lipinski definition) is 4. The van der Waals surface area contributed by atoms with Crippen LogP contribution in [-0.2, 0) is 13.0 Å². The number of halogens is 1. The molecule has 0 aliphatic carbocycles. The SMILES string of the molecule is O=c1c(CN2C[C@@H]3CCCN3C[C@@H]2Cc2ccccc2)coc2ccc(Cl)cc12. The monoisotopic (exact) mass is 408 g/mol. The highest BCUT2D eigenvalue weighted by Crippen LogP contribution is 2.27. The Morgan fingerprint density at radius 3 is 2.83 bits per heavy atom. The molecule has 0 saturated carbocycles. The van der Waals surface area contributed by atoms with E-state index in [1.54, 1.807) is 24.5 Å². The van der Waals surface area contributed by atoms with Gasteiger partial charge in [-0.3, -0.25) is 14.6 Å². The molecule has 1 aromatic heterocycles. The quantitative estimate of drug-likeness (QED) is 0.643. The molecule has 5 heteroatoms. The predicted molar refractivity (Wildman–Crippen MR) is 116 cm³/mol. The van der Waals surface area contributed by atoms with Crippen LogP contribution in [0.4, 0.5) is 0 Å². The second-order valence-electron chi connectivity index (χ2n) is 8.29. The first-order valence-electron chi connectivity index (χ1n) is 10.4. The first-order valence-corrected chi connectivity index (χ1v) is 10.8. The van der Waals surface area contributed by atoms with Crippen LogP contribution in [-0.4, -0.2) is 41.5 Å². The normalized spacial score (nSPS) is 22.8. The van der Waals surface area contributed by atoms with Crippen LogP contribution in [0, 0.1) is 0 Å². The molecule has 0 spiro atoms. The van der Waals surface area contributed by atoms with Gasteiger partial charge in [0.2, 0.25) is 0 Å². The van der Waals surface area contributed by atoms with Gasteiger partial charge in [0, 0.05) is 42.3 Å². The Kier molecular flexibility index (Phi) is 5.17. The van der Waals surface area contributed by atoms with Crippen molar-refractivity contribution in [1.82, 2.24) is 9.80 Å². The molecule has 2 aromatic carbocycles. The fourth-order valence-corrected chi connectivity index (χ4v) is 5.07. The van der Waals surface area contributed by atoms with Crippen LogP contribution < -0.4 is 5.43 Å². The van der Waals surface area contributed by atoms with E-state index in [1.807, 2.05) is 0 Å². The molecule has 0 unspecified atom stereocenters. The van der Waals surface area contributed by atoms with Gasteiger partial charge in [-0.2, -0.15) is 0 Å². The zero-order valence-corrected chi connectivity index (χ0v) is 17.1. The van der Waals surface area contributed by atoms with E-state index in [4.69, 9.17) is 16.0 Å². The Labute approximate surface area is 175 Å². The summed E-state index contributed by atoms with van der Waals surface area (Å²) in [7, 11) is 0. The minimum Gasteiger partial charge on any atom is -0.464 e. The summed E-state index contributed by atoms with van der Waals surface area (Å²) in [5, 5.41) is 1.12. The molecule has 0 amide bonds. The van der Waals surface area contributed by atoms with Gasteiger partial charge in [0.1, 0.15) is 5.58 Å². The third-order valence-corrected chi connectivity index (χ3v) is 6.63. The van der Waals surface area contributed by atoms with E-state index in [0.717, 1.165) is 19.5 Å². The van der Waals surface area contributed by atoms with Gasteiger partial charge >= 0.3 is 0 Å². The molecule has 3 aromatic rings. The summed E-state index contributed by atoms with van der Waals surface area (Å²) in [5.41, 5.74) is 2.67. The highest BCUT2D eigenvalue weighted by Gasteiger charge is 2.36. The molecule has 4 nitrogen and oxygen atoms in total. The van der Waals surface area contributed by atoms with Crippen molar-refractivity contribution >= 4 is 22.6 Å². The number of fused-ring (bicyclic) bond motifs is 2. The van der Waals surface area contributed by atoms with Crippen molar-refractivity contribution in [3.05, 3.63) is 81.2 Å². The second-order valence-corrected chi connectivity index (χ2v) is 8.73. The number of hydrogen-bond donors (Lipinski definition) is 0. The number of rotatable bonds is 4. The van der Waals surface area contributed by atoms with Crippen LogP contribution >= 0.6 is 11.6 Å². The van der Waals surface area contributed by atoms with Crippen molar-refractivity contribution < 1.29 is 4.42 Å². The standard InChI is InChI=1S/C24H25ClN2O2/c25-19-8-9-23-22(12-19)24(28)18(16-29-23)13-27-14-20-7-4-10-26(20)15-21(27)11-17-5-2-1-3-6-17/h1-3,5-6,8-9,12,16,20-21H,4,7,10-11,13-15H2/t20-,21-/m0/s1. The molecule has 5 rings (SSSR count). The van der Waals surface area contributed by atoms with Gasteiger partial charge in [-0.25, -0.2) is 0 Å². The maximum absolute atomic E-state index is 13.1. The van der Waals surface area contributed by atoms with Gasteiger partial charge in [0.05, 0.1) is 11.6 Å². The third-order valence-electron chi connectivity index (χ3n) is 6.40. The topological polar surface area (TPSA) is 36.7 Å². The molecule has 29 heavy (non-hydrogen) atoms. The van der Waals surface area contributed by atoms with E-state index in [0.29, 0.717) is 40.2 Å². The zero-order valence-electron chi connectivity index (χ0n) is 16.4. The van der Waals surface area contributed by atoms with Crippen LogP contribution in [0.25, 0.3) is 11.0 Å². The van der Waals surface area contributed by atoms with Crippen LogP contribution in [0.1, 0.15) is 24.0 Å². The Balaban J connectivity index is 1.44. The minimum atomic E-state index is 0.0288. The van der Waals surface area contributed by atoms with Crippen LogP contribution in [0.5, 0.6) is 0 Å². The molecule has 2 atom stereocenters. The third kappa shape index (κ3) is 3.85. The van der Waals surface area contributed by atoms with Crippen molar-refractivity contribution in [2.75, 3.05) is 19.6 Å². The summed E-state index contributed by atoms with van der Waals surface area (Å²) in [5.74, 6) is 0. The molecule has 2 saturated heterocycles. The lowest BCUT2D eigenvalue weighted by atomic mass is 9.99. The highest BCUT2D eigenvalue weighted by atomic mass is 35.5. The van der Waals surface area contributed by atoms with Crippen LogP contribution in [0.3, 0.4) is 0 Å². The van der Waals surface area contributed by atoms with Crippen molar-refractivity contribution in [2.24, 2.45) is 0 Å². The molecular formula is C24H25ClN2O2. The van der Waals surface area contributed by atoms with Crippen LogP contribution in [0.2, 0.25) is 5.02 Å². The van der Waals surface area contributed by atoms with Gasteiger partial charge in [0.15, 0.2) is 5.43 Å². The molecule has 0 radical (unpaired) electrons. The highest BCUT2D eigenvalue weighted by molar-refractivity contribution is 6.31. The Morgan fingerprint density at radius 2 is 1.97 bits per heavy atom. The molecule has 0 bridgehead atoms. The first kappa shape index (κ1) is 18.9. The molecule has 150 valence electrons. The minimum absolute atomic E-state index is 0.0288.